The van der Waals surface area contributed by atoms with E-state index in [1.54, 1.807) is 0 Å². The first-order valence-corrected chi connectivity index (χ1v) is 4.63. The van der Waals surface area contributed by atoms with Crippen molar-refractivity contribution in [1.82, 2.24) is 4.90 Å². The van der Waals surface area contributed by atoms with Gasteiger partial charge in [0.1, 0.15) is 0 Å². The Labute approximate surface area is 84.3 Å². The Morgan fingerprint density at radius 2 is 1.85 bits per heavy atom. The smallest absolute Gasteiger partial charge is 0.0424 e. The van der Waals surface area contributed by atoms with Gasteiger partial charge in [-0.25, -0.2) is 0 Å². The predicted molar refractivity (Wildman–Crippen MR) is 56.9 cm³/mol. The number of likely N-dealkylation sites (N-methyl/N-ethyl adjacent to an activating group) is 1. The monoisotopic (exact) mass is 198 g/mol. The third kappa shape index (κ3) is 3.35. The fourth-order valence-corrected chi connectivity index (χ4v) is 1.33. The minimum Gasteiger partial charge on any atom is -0.323 e. The molecule has 2 nitrogen and oxygen atoms in total. The van der Waals surface area contributed by atoms with E-state index in [1.807, 2.05) is 38.4 Å². The molecular formula is C10H15ClN2. The van der Waals surface area contributed by atoms with Crippen LogP contribution < -0.4 is 5.73 Å². The average Bonchev–Trinajstić information content (AvgIpc) is 2.04. The van der Waals surface area contributed by atoms with Gasteiger partial charge in [-0.05, 0) is 31.8 Å². The number of halogens is 1. The molecule has 13 heavy (non-hydrogen) atoms. The molecule has 0 spiro atoms. The predicted octanol–water partition coefficient (Wildman–Crippen LogP) is 1.90. The SMILES string of the molecule is CN(C)C[C@H](N)c1ccc(Cl)cc1. The van der Waals surface area contributed by atoms with Crippen molar-refractivity contribution in [3.8, 4) is 0 Å². The van der Waals surface area contributed by atoms with Crippen LogP contribution in [0, 0.1) is 0 Å². The molecule has 0 aliphatic rings. The second-order valence-corrected chi connectivity index (χ2v) is 3.86. The Kier molecular flexibility index (Phi) is 3.72. The van der Waals surface area contributed by atoms with Gasteiger partial charge in [-0.1, -0.05) is 23.7 Å². The van der Waals surface area contributed by atoms with Crippen molar-refractivity contribution in [1.29, 1.82) is 0 Å². The molecule has 1 aromatic rings. The molecule has 0 unspecified atom stereocenters. The molecule has 0 radical (unpaired) electrons. The number of hydrogen-bond acceptors (Lipinski definition) is 2. The molecule has 1 aromatic carbocycles. The molecule has 0 heterocycles. The molecule has 72 valence electrons. The van der Waals surface area contributed by atoms with Crippen molar-refractivity contribution < 1.29 is 0 Å². The third-order valence-electron chi connectivity index (χ3n) is 1.86. The van der Waals surface area contributed by atoms with Crippen LogP contribution in [0.3, 0.4) is 0 Å². The number of rotatable bonds is 3. The van der Waals surface area contributed by atoms with Crippen LogP contribution in [0.1, 0.15) is 11.6 Å². The van der Waals surface area contributed by atoms with Gasteiger partial charge in [0.05, 0.1) is 0 Å². The lowest BCUT2D eigenvalue weighted by Crippen LogP contribution is -2.25. The molecule has 0 aliphatic carbocycles. The van der Waals surface area contributed by atoms with E-state index in [1.165, 1.54) is 0 Å². The lowest BCUT2D eigenvalue weighted by Gasteiger charge is -2.16. The largest absolute Gasteiger partial charge is 0.323 e. The average molecular weight is 199 g/mol. The zero-order chi connectivity index (χ0) is 9.84. The zero-order valence-electron chi connectivity index (χ0n) is 8.00. The Bertz CT molecular complexity index is 256. The van der Waals surface area contributed by atoms with E-state index in [-0.39, 0.29) is 6.04 Å². The van der Waals surface area contributed by atoms with E-state index in [2.05, 4.69) is 4.90 Å². The summed E-state index contributed by atoms with van der Waals surface area (Å²) in [6, 6.07) is 7.73. The molecule has 3 heteroatoms. The highest BCUT2D eigenvalue weighted by Gasteiger charge is 2.05. The first-order chi connectivity index (χ1) is 6.09. The van der Waals surface area contributed by atoms with Crippen LogP contribution in [0.2, 0.25) is 5.02 Å². The van der Waals surface area contributed by atoms with Gasteiger partial charge >= 0.3 is 0 Å². The Morgan fingerprint density at radius 1 is 1.31 bits per heavy atom. The molecule has 0 bridgehead atoms. The minimum atomic E-state index is 0.0623. The van der Waals surface area contributed by atoms with Crippen molar-refractivity contribution in [2.24, 2.45) is 5.73 Å². The van der Waals surface area contributed by atoms with Crippen LogP contribution in [0.25, 0.3) is 0 Å². The molecule has 0 saturated heterocycles. The van der Waals surface area contributed by atoms with E-state index in [0.717, 1.165) is 17.1 Å². The molecule has 0 aliphatic heterocycles. The van der Waals surface area contributed by atoms with E-state index in [4.69, 9.17) is 17.3 Å². The van der Waals surface area contributed by atoms with Crippen molar-refractivity contribution in [3.63, 3.8) is 0 Å². The number of nitrogens with zero attached hydrogens (tertiary/aromatic N) is 1. The van der Waals surface area contributed by atoms with Crippen LogP contribution in [0.15, 0.2) is 24.3 Å². The van der Waals surface area contributed by atoms with Gasteiger partial charge in [0.15, 0.2) is 0 Å². The normalized spacial score (nSPS) is 13.3. The van der Waals surface area contributed by atoms with Crippen LogP contribution in [0.4, 0.5) is 0 Å². The molecule has 1 rings (SSSR count). The maximum Gasteiger partial charge on any atom is 0.0424 e. The van der Waals surface area contributed by atoms with E-state index in [0.29, 0.717) is 0 Å². The molecule has 0 aromatic heterocycles. The first kappa shape index (κ1) is 10.5. The van der Waals surface area contributed by atoms with Crippen LogP contribution in [-0.2, 0) is 0 Å². The van der Waals surface area contributed by atoms with Crippen LogP contribution in [-0.4, -0.2) is 25.5 Å². The minimum absolute atomic E-state index is 0.0623. The van der Waals surface area contributed by atoms with Gasteiger partial charge in [-0.15, -0.1) is 0 Å². The third-order valence-corrected chi connectivity index (χ3v) is 2.11. The first-order valence-electron chi connectivity index (χ1n) is 4.25. The lowest BCUT2D eigenvalue weighted by atomic mass is 10.1. The summed E-state index contributed by atoms with van der Waals surface area (Å²) in [6.45, 7) is 0.849. The molecular weight excluding hydrogens is 184 g/mol. The molecule has 1 atom stereocenters. The van der Waals surface area contributed by atoms with Crippen LogP contribution >= 0.6 is 11.6 Å². The maximum atomic E-state index is 5.96. The van der Waals surface area contributed by atoms with Crippen LogP contribution in [0.5, 0.6) is 0 Å². The van der Waals surface area contributed by atoms with Crippen molar-refractivity contribution in [3.05, 3.63) is 34.9 Å². The van der Waals surface area contributed by atoms with Gasteiger partial charge in [0, 0.05) is 17.6 Å². The Hall–Kier alpha value is -0.570. The van der Waals surface area contributed by atoms with Gasteiger partial charge in [-0.3, -0.25) is 0 Å². The van der Waals surface area contributed by atoms with Gasteiger partial charge in [-0.2, -0.15) is 0 Å². The fourth-order valence-electron chi connectivity index (χ4n) is 1.21. The van der Waals surface area contributed by atoms with Crippen molar-refractivity contribution in [2.45, 2.75) is 6.04 Å². The highest BCUT2D eigenvalue weighted by Crippen LogP contribution is 2.14. The maximum absolute atomic E-state index is 5.96. The molecule has 0 saturated carbocycles. The summed E-state index contributed by atoms with van der Waals surface area (Å²) < 4.78 is 0. The number of nitrogens with two attached hydrogens (primary N) is 1. The summed E-state index contributed by atoms with van der Waals surface area (Å²) in [5.74, 6) is 0. The van der Waals surface area contributed by atoms with E-state index in [9.17, 15) is 0 Å². The lowest BCUT2D eigenvalue weighted by molar-refractivity contribution is 0.376. The standard InChI is InChI=1S/C10H15ClN2/c1-13(2)7-10(12)8-3-5-9(11)6-4-8/h3-6,10H,7,12H2,1-2H3/t10-/m0/s1. The van der Waals surface area contributed by atoms with Gasteiger partial charge in [0.2, 0.25) is 0 Å². The van der Waals surface area contributed by atoms with Crippen molar-refractivity contribution >= 4 is 11.6 Å². The van der Waals surface area contributed by atoms with Gasteiger partial charge in [0.25, 0.3) is 0 Å². The highest BCUT2D eigenvalue weighted by atomic mass is 35.5. The summed E-state index contributed by atoms with van der Waals surface area (Å²) >= 11 is 5.77. The Balaban J connectivity index is 2.66. The fraction of sp³-hybridized carbons (Fsp3) is 0.400. The second kappa shape index (κ2) is 4.61. The van der Waals surface area contributed by atoms with E-state index >= 15 is 0 Å². The van der Waals surface area contributed by atoms with E-state index < -0.39 is 0 Å². The summed E-state index contributed by atoms with van der Waals surface area (Å²) in [6.07, 6.45) is 0. The summed E-state index contributed by atoms with van der Waals surface area (Å²) in [7, 11) is 4.02. The summed E-state index contributed by atoms with van der Waals surface area (Å²) in [5.41, 5.74) is 7.08. The topological polar surface area (TPSA) is 29.3 Å². The quantitative estimate of drug-likeness (QED) is 0.804. The molecule has 0 fully saturated rings. The second-order valence-electron chi connectivity index (χ2n) is 3.42. The van der Waals surface area contributed by atoms with Gasteiger partial charge < -0.3 is 10.6 Å². The number of hydrogen-bond donors (Lipinski definition) is 1. The highest BCUT2D eigenvalue weighted by molar-refractivity contribution is 6.30. The zero-order valence-corrected chi connectivity index (χ0v) is 8.75. The summed E-state index contributed by atoms with van der Waals surface area (Å²) in [4.78, 5) is 2.07. The number of benzene rings is 1. The summed E-state index contributed by atoms with van der Waals surface area (Å²) in [5, 5.41) is 0.751. The molecule has 2 N–H and O–H groups in total. The Morgan fingerprint density at radius 3 is 2.31 bits per heavy atom. The van der Waals surface area contributed by atoms with Crippen molar-refractivity contribution in [2.75, 3.05) is 20.6 Å². The molecule has 0 amide bonds.